The second kappa shape index (κ2) is 5.42. The number of piperazine rings is 1. The van der Waals surface area contributed by atoms with E-state index in [1.807, 2.05) is 0 Å². The zero-order valence-corrected chi connectivity index (χ0v) is 12.2. The lowest BCUT2D eigenvalue weighted by Gasteiger charge is -2.43. The molecular formula is C15H18F2N2O2. The van der Waals surface area contributed by atoms with Crippen LogP contribution in [0.2, 0.25) is 0 Å². The van der Waals surface area contributed by atoms with Crippen LogP contribution >= 0.6 is 0 Å². The molecule has 2 atom stereocenters. The molecule has 6 heteroatoms. The van der Waals surface area contributed by atoms with Crippen LogP contribution in [0.3, 0.4) is 0 Å². The maximum Gasteiger partial charge on any atom is 0.253 e. The Balaban J connectivity index is 2.54. The summed E-state index contributed by atoms with van der Waals surface area (Å²) in [5, 5.41) is 2.70. The number of amides is 2. The van der Waals surface area contributed by atoms with Gasteiger partial charge in [0, 0.05) is 6.07 Å². The average Bonchev–Trinajstić information content (AvgIpc) is 2.43. The molecule has 2 unspecified atom stereocenters. The number of carbonyl (C=O) groups is 2. The Morgan fingerprint density at radius 2 is 1.95 bits per heavy atom. The van der Waals surface area contributed by atoms with Crippen molar-refractivity contribution < 1.29 is 18.4 Å². The van der Waals surface area contributed by atoms with Gasteiger partial charge < -0.3 is 5.32 Å². The summed E-state index contributed by atoms with van der Waals surface area (Å²) in [6.45, 7) is 5.11. The molecule has 1 fully saturated rings. The molecule has 0 aliphatic carbocycles. The molecule has 1 heterocycles. The molecule has 0 saturated carbocycles. The van der Waals surface area contributed by atoms with Crippen molar-refractivity contribution in [2.45, 2.75) is 45.2 Å². The largest absolute Gasteiger partial charge is 0.340 e. The third-order valence-electron chi connectivity index (χ3n) is 3.97. The number of halogens is 2. The number of nitrogens with zero attached hydrogens (tertiary/aromatic N) is 1. The highest BCUT2D eigenvalue weighted by atomic mass is 19.1. The first kappa shape index (κ1) is 15.4. The van der Waals surface area contributed by atoms with E-state index in [0.717, 1.165) is 11.0 Å². The van der Waals surface area contributed by atoms with Crippen LogP contribution in [0.1, 0.15) is 33.6 Å². The third kappa shape index (κ3) is 2.50. The van der Waals surface area contributed by atoms with E-state index in [9.17, 15) is 18.4 Å². The highest BCUT2D eigenvalue weighted by Crippen LogP contribution is 2.30. The number of nitrogens with one attached hydrogen (secondary N) is 1. The maximum absolute atomic E-state index is 14.0. The van der Waals surface area contributed by atoms with Crippen molar-refractivity contribution in [1.82, 2.24) is 5.32 Å². The van der Waals surface area contributed by atoms with Crippen molar-refractivity contribution in [1.29, 1.82) is 0 Å². The first-order valence-electron chi connectivity index (χ1n) is 6.94. The van der Waals surface area contributed by atoms with Gasteiger partial charge in [0.2, 0.25) is 5.91 Å². The standard InChI is InChI=1S/C15H18F2N2O2/c1-4-11-13(20)18-15(3,5-2)14(21)19(11)12-7-6-9(16)8-10(12)17/h6-8,11H,4-5H2,1-3H3,(H,18,20). The lowest BCUT2D eigenvalue weighted by molar-refractivity contribution is -0.138. The summed E-state index contributed by atoms with van der Waals surface area (Å²) in [5.74, 6) is -2.29. The number of rotatable bonds is 3. The van der Waals surface area contributed by atoms with Crippen LogP contribution < -0.4 is 10.2 Å². The molecule has 114 valence electrons. The van der Waals surface area contributed by atoms with Crippen LogP contribution in [-0.4, -0.2) is 23.4 Å². The summed E-state index contributed by atoms with van der Waals surface area (Å²) in [7, 11) is 0. The molecule has 1 N–H and O–H groups in total. The minimum atomic E-state index is -1.08. The SMILES string of the molecule is CCC1C(=O)NC(C)(CC)C(=O)N1c1ccc(F)cc1F. The van der Waals surface area contributed by atoms with Crippen molar-refractivity contribution in [3.8, 4) is 0 Å². The summed E-state index contributed by atoms with van der Waals surface area (Å²) in [4.78, 5) is 26.0. The summed E-state index contributed by atoms with van der Waals surface area (Å²) >= 11 is 0. The van der Waals surface area contributed by atoms with E-state index in [4.69, 9.17) is 0 Å². The van der Waals surface area contributed by atoms with E-state index in [2.05, 4.69) is 5.32 Å². The Morgan fingerprint density at radius 1 is 1.29 bits per heavy atom. The number of benzene rings is 1. The Bertz CT molecular complexity index is 591. The molecule has 0 radical (unpaired) electrons. The van der Waals surface area contributed by atoms with Crippen LogP contribution in [0, 0.1) is 11.6 Å². The zero-order chi connectivity index (χ0) is 15.8. The monoisotopic (exact) mass is 296 g/mol. The van der Waals surface area contributed by atoms with Crippen molar-refractivity contribution in [3.63, 3.8) is 0 Å². The normalized spacial score (nSPS) is 26.0. The van der Waals surface area contributed by atoms with Crippen LogP contribution in [0.15, 0.2) is 18.2 Å². The number of carbonyl (C=O) groups excluding carboxylic acids is 2. The maximum atomic E-state index is 14.0. The summed E-state index contributed by atoms with van der Waals surface area (Å²) in [6.07, 6.45) is 0.724. The average molecular weight is 296 g/mol. The Hall–Kier alpha value is -1.98. The van der Waals surface area contributed by atoms with Crippen molar-refractivity contribution in [2.24, 2.45) is 0 Å². The molecule has 1 aromatic rings. The first-order valence-corrected chi connectivity index (χ1v) is 6.94. The quantitative estimate of drug-likeness (QED) is 0.931. The van der Waals surface area contributed by atoms with Gasteiger partial charge in [-0.15, -0.1) is 0 Å². The molecule has 2 rings (SSSR count). The van der Waals surface area contributed by atoms with Crippen LogP contribution in [0.25, 0.3) is 0 Å². The van der Waals surface area contributed by atoms with Gasteiger partial charge in [0.05, 0.1) is 5.69 Å². The second-order valence-corrected chi connectivity index (χ2v) is 5.37. The zero-order valence-electron chi connectivity index (χ0n) is 12.2. The fraction of sp³-hybridized carbons (Fsp3) is 0.467. The summed E-state index contributed by atoms with van der Waals surface area (Å²) in [5.41, 5.74) is -1.15. The van der Waals surface area contributed by atoms with Gasteiger partial charge >= 0.3 is 0 Å². The minimum Gasteiger partial charge on any atom is -0.340 e. The second-order valence-electron chi connectivity index (χ2n) is 5.37. The van der Waals surface area contributed by atoms with Gasteiger partial charge in [-0.05, 0) is 31.9 Å². The van der Waals surface area contributed by atoms with Crippen LogP contribution in [-0.2, 0) is 9.59 Å². The van der Waals surface area contributed by atoms with E-state index < -0.39 is 23.2 Å². The fourth-order valence-corrected chi connectivity index (χ4v) is 2.49. The molecule has 1 aliphatic rings. The molecule has 0 aromatic heterocycles. The molecule has 1 saturated heterocycles. The highest BCUT2D eigenvalue weighted by Gasteiger charge is 2.47. The fourth-order valence-electron chi connectivity index (χ4n) is 2.49. The van der Waals surface area contributed by atoms with Gasteiger partial charge in [0.1, 0.15) is 23.2 Å². The molecule has 21 heavy (non-hydrogen) atoms. The van der Waals surface area contributed by atoms with Crippen molar-refractivity contribution in [3.05, 3.63) is 29.8 Å². The summed E-state index contributed by atoms with van der Waals surface area (Å²) < 4.78 is 27.1. The smallest absolute Gasteiger partial charge is 0.253 e. The third-order valence-corrected chi connectivity index (χ3v) is 3.97. The lowest BCUT2D eigenvalue weighted by atomic mass is 9.90. The van der Waals surface area contributed by atoms with Crippen LogP contribution in [0.4, 0.5) is 14.5 Å². The van der Waals surface area contributed by atoms with Gasteiger partial charge in [0.15, 0.2) is 0 Å². The van der Waals surface area contributed by atoms with Crippen molar-refractivity contribution in [2.75, 3.05) is 4.90 Å². The van der Waals surface area contributed by atoms with Gasteiger partial charge in [-0.25, -0.2) is 8.78 Å². The van der Waals surface area contributed by atoms with Crippen molar-refractivity contribution >= 4 is 17.5 Å². The molecule has 2 amide bonds. The number of hydrogen-bond donors (Lipinski definition) is 1. The lowest BCUT2D eigenvalue weighted by Crippen LogP contribution is -2.69. The van der Waals surface area contributed by atoms with Crippen LogP contribution in [0.5, 0.6) is 0 Å². The van der Waals surface area contributed by atoms with Gasteiger partial charge in [0.25, 0.3) is 5.91 Å². The predicted molar refractivity (Wildman–Crippen MR) is 74.8 cm³/mol. The molecule has 0 spiro atoms. The minimum absolute atomic E-state index is 0.0669. The molecule has 1 aromatic carbocycles. The van der Waals surface area contributed by atoms with E-state index in [1.54, 1.807) is 20.8 Å². The molecular weight excluding hydrogens is 278 g/mol. The first-order chi connectivity index (χ1) is 9.84. The Morgan fingerprint density at radius 3 is 2.48 bits per heavy atom. The molecule has 4 nitrogen and oxygen atoms in total. The predicted octanol–water partition coefficient (Wildman–Crippen LogP) is 2.37. The highest BCUT2D eigenvalue weighted by molar-refractivity contribution is 6.10. The van der Waals surface area contributed by atoms with E-state index in [0.29, 0.717) is 18.9 Å². The van der Waals surface area contributed by atoms with Gasteiger partial charge in [-0.3, -0.25) is 14.5 Å². The van der Waals surface area contributed by atoms with E-state index in [-0.39, 0.29) is 17.5 Å². The van der Waals surface area contributed by atoms with Gasteiger partial charge in [-0.1, -0.05) is 13.8 Å². The summed E-state index contributed by atoms with van der Waals surface area (Å²) in [6, 6.07) is 2.19. The number of anilines is 1. The van der Waals surface area contributed by atoms with E-state index >= 15 is 0 Å². The Kier molecular flexibility index (Phi) is 3.98. The van der Waals surface area contributed by atoms with E-state index in [1.165, 1.54) is 6.07 Å². The molecule has 0 bridgehead atoms. The molecule has 1 aliphatic heterocycles. The Labute approximate surface area is 122 Å². The topological polar surface area (TPSA) is 49.4 Å². The van der Waals surface area contributed by atoms with Gasteiger partial charge in [-0.2, -0.15) is 0 Å². The number of hydrogen-bond acceptors (Lipinski definition) is 2.